The Kier molecular flexibility index (Phi) is 5.05. The van der Waals surface area contributed by atoms with E-state index in [4.69, 9.17) is 4.98 Å². The number of nitrogens with zero attached hydrogens (tertiary/aromatic N) is 2. The Balaban J connectivity index is 1.49. The number of H-pyrrole nitrogens is 2. The van der Waals surface area contributed by atoms with Crippen LogP contribution in [0.2, 0.25) is 0 Å². The quantitative estimate of drug-likeness (QED) is 0.567. The fourth-order valence-corrected chi connectivity index (χ4v) is 4.91. The molecular formula is C20H25N5O2S. The van der Waals surface area contributed by atoms with Crippen molar-refractivity contribution in [3.8, 4) is 0 Å². The first kappa shape index (κ1) is 18.9. The van der Waals surface area contributed by atoms with Crippen LogP contribution < -0.4 is 11.0 Å². The summed E-state index contributed by atoms with van der Waals surface area (Å²) in [7, 11) is 0. The smallest absolute Gasteiger partial charge is 0.323 e. The lowest BCUT2D eigenvalue weighted by Crippen LogP contribution is -2.23. The number of amides is 1. The molecule has 7 nitrogen and oxygen atoms in total. The fraction of sp³-hybridized carbons (Fsp3) is 0.450. The number of anilines is 1. The summed E-state index contributed by atoms with van der Waals surface area (Å²) in [6.45, 7) is 6.04. The first-order valence-corrected chi connectivity index (χ1v) is 10.6. The predicted octanol–water partition coefficient (Wildman–Crippen LogP) is 3.90. The van der Waals surface area contributed by atoms with E-state index < -0.39 is 0 Å². The van der Waals surface area contributed by atoms with Crippen LogP contribution in [0.1, 0.15) is 50.0 Å². The number of aromatic nitrogens is 4. The van der Waals surface area contributed by atoms with Crippen LogP contribution in [0.15, 0.2) is 28.2 Å². The highest BCUT2D eigenvalue weighted by Gasteiger charge is 2.25. The third kappa shape index (κ3) is 3.61. The Morgan fingerprint density at radius 1 is 1.25 bits per heavy atom. The van der Waals surface area contributed by atoms with Gasteiger partial charge >= 0.3 is 5.69 Å². The summed E-state index contributed by atoms with van der Waals surface area (Å²) in [5, 5.41) is 3.58. The number of imidazole rings is 2. The second-order valence-electron chi connectivity index (χ2n) is 7.46. The number of aromatic amines is 2. The molecule has 8 heteroatoms. The zero-order chi connectivity index (χ0) is 19.8. The van der Waals surface area contributed by atoms with Gasteiger partial charge in [-0.15, -0.1) is 0 Å². The van der Waals surface area contributed by atoms with E-state index in [9.17, 15) is 9.59 Å². The highest BCUT2D eigenvalue weighted by molar-refractivity contribution is 8.00. The van der Waals surface area contributed by atoms with Gasteiger partial charge in [0.15, 0.2) is 5.16 Å². The third-order valence-electron chi connectivity index (χ3n) is 5.48. The average molecular weight is 400 g/mol. The lowest BCUT2D eigenvalue weighted by atomic mass is 10.2. The number of hydrogen-bond donors (Lipinski definition) is 3. The van der Waals surface area contributed by atoms with Gasteiger partial charge in [0, 0.05) is 17.4 Å². The average Bonchev–Trinajstić information content (AvgIpc) is 3.35. The van der Waals surface area contributed by atoms with Gasteiger partial charge in [0.2, 0.25) is 5.91 Å². The summed E-state index contributed by atoms with van der Waals surface area (Å²) in [6.07, 6.45) is 4.87. The molecule has 0 spiro atoms. The molecule has 1 aliphatic rings. The van der Waals surface area contributed by atoms with E-state index >= 15 is 0 Å². The molecule has 0 bridgehead atoms. The maximum absolute atomic E-state index is 12.7. The molecule has 0 radical (unpaired) electrons. The Morgan fingerprint density at radius 3 is 2.71 bits per heavy atom. The minimum Gasteiger partial charge on any atom is -0.325 e. The number of fused-ring (bicyclic) bond motifs is 1. The molecule has 2 aromatic heterocycles. The number of thioether (sulfide) groups is 1. The highest BCUT2D eigenvalue weighted by atomic mass is 32.2. The van der Waals surface area contributed by atoms with Gasteiger partial charge in [-0.2, -0.15) is 0 Å². The standard InChI is InChI=1S/C20H25N5O2S/c1-11-12(2)25(15-6-4-5-7-15)20(21-11)28-13(3)18(26)22-14-8-9-16-17(10-14)24-19(27)23-16/h8-10,13,15H,4-7H2,1-3H3,(H,22,26)(H2,23,24,27)/t13-/m0/s1. The van der Waals surface area contributed by atoms with Gasteiger partial charge in [0.05, 0.1) is 22.0 Å². The summed E-state index contributed by atoms with van der Waals surface area (Å²) in [5.74, 6) is -0.0847. The van der Waals surface area contributed by atoms with Crippen LogP contribution in [0.4, 0.5) is 5.69 Å². The van der Waals surface area contributed by atoms with Gasteiger partial charge in [-0.1, -0.05) is 24.6 Å². The Morgan fingerprint density at radius 2 is 1.96 bits per heavy atom. The molecule has 1 aromatic carbocycles. The van der Waals surface area contributed by atoms with E-state index in [0.29, 0.717) is 17.2 Å². The second kappa shape index (κ2) is 7.50. The monoisotopic (exact) mass is 399 g/mol. The van der Waals surface area contributed by atoms with Gasteiger partial charge in [-0.25, -0.2) is 9.78 Å². The molecule has 1 fully saturated rings. The molecule has 0 unspecified atom stereocenters. The predicted molar refractivity (Wildman–Crippen MR) is 112 cm³/mol. The van der Waals surface area contributed by atoms with E-state index in [2.05, 4.69) is 26.8 Å². The van der Waals surface area contributed by atoms with Crippen LogP contribution in [0.5, 0.6) is 0 Å². The van der Waals surface area contributed by atoms with Crippen LogP contribution in [0.3, 0.4) is 0 Å². The zero-order valence-electron chi connectivity index (χ0n) is 16.3. The van der Waals surface area contributed by atoms with Gasteiger partial charge < -0.3 is 19.9 Å². The van der Waals surface area contributed by atoms with Crippen molar-refractivity contribution in [2.24, 2.45) is 0 Å². The van der Waals surface area contributed by atoms with Crippen LogP contribution >= 0.6 is 11.8 Å². The molecule has 148 valence electrons. The molecule has 0 saturated heterocycles. The van der Waals surface area contributed by atoms with Crippen molar-refractivity contribution in [2.45, 2.75) is 62.9 Å². The van der Waals surface area contributed by atoms with Crippen LogP contribution in [-0.2, 0) is 4.79 Å². The fourth-order valence-electron chi connectivity index (χ4n) is 3.84. The van der Waals surface area contributed by atoms with E-state index in [1.54, 1.807) is 18.2 Å². The van der Waals surface area contributed by atoms with Crippen molar-refractivity contribution in [1.82, 2.24) is 19.5 Å². The number of rotatable bonds is 5. The number of nitrogens with one attached hydrogen (secondary N) is 3. The highest BCUT2D eigenvalue weighted by Crippen LogP contribution is 2.36. The van der Waals surface area contributed by atoms with E-state index in [-0.39, 0.29) is 16.8 Å². The molecule has 1 saturated carbocycles. The maximum atomic E-state index is 12.7. The van der Waals surface area contributed by atoms with E-state index in [1.165, 1.54) is 43.1 Å². The minimum atomic E-state index is -0.290. The molecule has 2 heterocycles. The number of hydrogen-bond acceptors (Lipinski definition) is 4. The number of carbonyl (C=O) groups excluding carboxylic acids is 1. The van der Waals surface area contributed by atoms with Crippen molar-refractivity contribution in [3.05, 3.63) is 40.1 Å². The molecule has 1 atom stereocenters. The third-order valence-corrected chi connectivity index (χ3v) is 6.55. The molecule has 0 aliphatic heterocycles. The van der Waals surface area contributed by atoms with Gasteiger partial charge in [0.25, 0.3) is 0 Å². The summed E-state index contributed by atoms with van der Waals surface area (Å²) in [5.41, 5.74) is 4.02. The Hall–Kier alpha value is -2.48. The zero-order valence-corrected chi connectivity index (χ0v) is 17.2. The molecule has 3 aromatic rings. The summed E-state index contributed by atoms with van der Waals surface area (Å²) in [6, 6.07) is 5.82. The largest absolute Gasteiger partial charge is 0.325 e. The molecule has 1 aliphatic carbocycles. The van der Waals surface area contributed by atoms with Crippen molar-refractivity contribution < 1.29 is 4.79 Å². The second-order valence-corrected chi connectivity index (χ2v) is 8.77. The van der Waals surface area contributed by atoms with Crippen molar-refractivity contribution in [2.75, 3.05) is 5.32 Å². The number of aryl methyl sites for hydroxylation is 1. The van der Waals surface area contributed by atoms with Gasteiger partial charge in [0.1, 0.15) is 0 Å². The van der Waals surface area contributed by atoms with Crippen LogP contribution in [0, 0.1) is 13.8 Å². The number of benzene rings is 1. The Bertz CT molecular complexity index is 1070. The Labute approximate surface area is 167 Å². The normalized spacial score (nSPS) is 16.0. The maximum Gasteiger partial charge on any atom is 0.323 e. The summed E-state index contributed by atoms with van der Waals surface area (Å²) < 4.78 is 2.33. The minimum absolute atomic E-state index is 0.0847. The van der Waals surface area contributed by atoms with E-state index in [0.717, 1.165) is 16.4 Å². The summed E-state index contributed by atoms with van der Waals surface area (Å²) >= 11 is 1.50. The molecular weight excluding hydrogens is 374 g/mol. The molecule has 1 amide bonds. The number of carbonyl (C=O) groups is 1. The SMILES string of the molecule is Cc1nc(S[C@@H](C)C(=O)Nc2ccc3[nH]c(=O)[nH]c3c2)n(C2CCCC2)c1C. The van der Waals surface area contributed by atoms with Crippen molar-refractivity contribution in [1.29, 1.82) is 0 Å². The first-order chi connectivity index (χ1) is 13.4. The van der Waals surface area contributed by atoms with Gasteiger partial charge in [-0.3, -0.25) is 4.79 Å². The lowest BCUT2D eigenvalue weighted by molar-refractivity contribution is -0.115. The molecule has 28 heavy (non-hydrogen) atoms. The topological polar surface area (TPSA) is 95.6 Å². The molecule has 4 rings (SSSR count). The lowest BCUT2D eigenvalue weighted by Gasteiger charge is -2.18. The summed E-state index contributed by atoms with van der Waals surface area (Å²) in [4.78, 5) is 34.3. The molecule has 3 N–H and O–H groups in total. The van der Waals surface area contributed by atoms with Crippen molar-refractivity contribution in [3.63, 3.8) is 0 Å². The van der Waals surface area contributed by atoms with Crippen LogP contribution in [-0.4, -0.2) is 30.7 Å². The van der Waals surface area contributed by atoms with Gasteiger partial charge in [-0.05, 0) is 51.8 Å². The first-order valence-electron chi connectivity index (χ1n) is 9.67. The van der Waals surface area contributed by atoms with E-state index in [1.807, 2.05) is 13.8 Å². The van der Waals surface area contributed by atoms with Crippen molar-refractivity contribution >= 4 is 34.4 Å². The van der Waals surface area contributed by atoms with Crippen LogP contribution in [0.25, 0.3) is 11.0 Å².